The Kier molecular flexibility index (Phi) is 4.96. The van der Waals surface area contributed by atoms with Crippen LogP contribution in [0.1, 0.15) is 30.2 Å². The highest BCUT2D eigenvalue weighted by Crippen LogP contribution is 2.17. The van der Waals surface area contributed by atoms with E-state index in [2.05, 4.69) is 0 Å². The number of aromatic amines is 1. The number of hydrogen-bond donors (Lipinski definition) is 2. The first-order chi connectivity index (χ1) is 8.49. The van der Waals surface area contributed by atoms with Gasteiger partial charge in [0.25, 0.3) is 12.0 Å². The van der Waals surface area contributed by atoms with Crippen molar-refractivity contribution < 1.29 is 18.3 Å². The van der Waals surface area contributed by atoms with E-state index in [1.54, 1.807) is 6.92 Å². The summed E-state index contributed by atoms with van der Waals surface area (Å²) in [7, 11) is 0. The van der Waals surface area contributed by atoms with E-state index in [9.17, 15) is 18.4 Å². The lowest BCUT2D eigenvalue weighted by Gasteiger charge is -2.09. The molecule has 0 bridgehead atoms. The van der Waals surface area contributed by atoms with E-state index in [1.165, 1.54) is 0 Å². The van der Waals surface area contributed by atoms with E-state index in [1.807, 2.05) is 4.98 Å². The maximum absolute atomic E-state index is 12.5. The zero-order valence-corrected chi connectivity index (χ0v) is 9.83. The molecule has 0 aliphatic carbocycles. The summed E-state index contributed by atoms with van der Waals surface area (Å²) in [5.74, 6) is -0.595. The SMILES string of the molecule is CCOC(=O)Cc1c(CN)cc(C(F)F)[nH]c1=O. The fourth-order valence-corrected chi connectivity index (χ4v) is 1.51. The first-order valence-electron chi connectivity index (χ1n) is 5.38. The van der Waals surface area contributed by atoms with Crippen LogP contribution in [0.15, 0.2) is 10.9 Å². The van der Waals surface area contributed by atoms with E-state index in [0.29, 0.717) is 0 Å². The molecule has 100 valence electrons. The molecule has 5 nitrogen and oxygen atoms in total. The quantitative estimate of drug-likeness (QED) is 0.769. The number of hydrogen-bond acceptors (Lipinski definition) is 4. The predicted octanol–water partition coefficient (Wildman–Crippen LogP) is 0.877. The number of rotatable bonds is 5. The minimum Gasteiger partial charge on any atom is -0.466 e. The van der Waals surface area contributed by atoms with Gasteiger partial charge in [0, 0.05) is 12.1 Å². The van der Waals surface area contributed by atoms with Gasteiger partial charge < -0.3 is 15.5 Å². The molecule has 0 saturated heterocycles. The van der Waals surface area contributed by atoms with Crippen molar-refractivity contribution in [1.82, 2.24) is 4.98 Å². The third-order valence-corrected chi connectivity index (χ3v) is 2.33. The molecule has 0 saturated carbocycles. The van der Waals surface area contributed by atoms with Crippen molar-refractivity contribution in [2.45, 2.75) is 26.3 Å². The lowest BCUT2D eigenvalue weighted by atomic mass is 10.1. The fourth-order valence-electron chi connectivity index (χ4n) is 1.51. The normalized spacial score (nSPS) is 10.7. The molecule has 7 heteroatoms. The molecule has 1 aromatic rings. The minimum atomic E-state index is -2.79. The molecule has 0 aromatic carbocycles. The Morgan fingerprint density at radius 3 is 2.72 bits per heavy atom. The van der Waals surface area contributed by atoms with Crippen LogP contribution in [0.4, 0.5) is 8.78 Å². The van der Waals surface area contributed by atoms with Gasteiger partial charge in [-0.15, -0.1) is 0 Å². The Bertz CT molecular complexity index is 486. The summed E-state index contributed by atoms with van der Waals surface area (Å²) in [5, 5.41) is 0. The minimum absolute atomic E-state index is 0.0698. The van der Waals surface area contributed by atoms with Crippen molar-refractivity contribution in [1.29, 1.82) is 0 Å². The first-order valence-corrected chi connectivity index (χ1v) is 5.38. The number of halogens is 2. The van der Waals surface area contributed by atoms with Crippen molar-refractivity contribution >= 4 is 5.97 Å². The number of carbonyl (C=O) groups excluding carboxylic acids is 1. The summed E-state index contributed by atoms with van der Waals surface area (Å²) in [6.45, 7) is 1.72. The van der Waals surface area contributed by atoms with E-state index in [-0.39, 0.29) is 30.7 Å². The monoisotopic (exact) mass is 260 g/mol. The Morgan fingerprint density at radius 2 is 2.22 bits per heavy atom. The summed E-state index contributed by atoms with van der Waals surface area (Å²) >= 11 is 0. The summed E-state index contributed by atoms with van der Waals surface area (Å²) in [6, 6.07) is 1.10. The Morgan fingerprint density at radius 1 is 1.56 bits per heavy atom. The van der Waals surface area contributed by atoms with Crippen LogP contribution in [-0.2, 0) is 22.5 Å². The highest BCUT2D eigenvalue weighted by atomic mass is 19.3. The lowest BCUT2D eigenvalue weighted by molar-refractivity contribution is -0.142. The molecular weight excluding hydrogens is 246 g/mol. The molecule has 3 N–H and O–H groups in total. The van der Waals surface area contributed by atoms with E-state index in [0.717, 1.165) is 6.07 Å². The molecule has 18 heavy (non-hydrogen) atoms. The Hall–Kier alpha value is -1.76. The van der Waals surface area contributed by atoms with Crippen LogP contribution in [0.25, 0.3) is 0 Å². The third-order valence-electron chi connectivity index (χ3n) is 2.33. The maximum Gasteiger partial charge on any atom is 0.310 e. The standard InChI is InChI=1S/C11H14F2N2O3/c1-2-18-9(16)4-7-6(5-14)3-8(10(12)13)15-11(7)17/h3,10H,2,4-5,14H2,1H3,(H,15,17). The molecule has 0 unspecified atom stereocenters. The number of alkyl halides is 2. The van der Waals surface area contributed by atoms with Crippen LogP contribution in [0.3, 0.4) is 0 Å². The van der Waals surface area contributed by atoms with Gasteiger partial charge in [-0.2, -0.15) is 0 Å². The van der Waals surface area contributed by atoms with Crippen LogP contribution in [0.5, 0.6) is 0 Å². The fraction of sp³-hybridized carbons (Fsp3) is 0.455. The molecule has 0 atom stereocenters. The molecule has 0 amide bonds. The molecular formula is C11H14F2N2O3. The van der Waals surface area contributed by atoms with Gasteiger partial charge in [-0.05, 0) is 18.6 Å². The average Bonchev–Trinajstić information content (AvgIpc) is 2.31. The number of carbonyl (C=O) groups is 1. The molecule has 0 fully saturated rings. The molecule has 1 aromatic heterocycles. The third kappa shape index (κ3) is 3.36. The second-order valence-electron chi connectivity index (χ2n) is 3.54. The molecule has 0 radical (unpaired) electrons. The van der Waals surface area contributed by atoms with Crippen molar-refractivity contribution in [3.63, 3.8) is 0 Å². The van der Waals surface area contributed by atoms with Gasteiger partial charge in [0.05, 0.1) is 18.7 Å². The summed E-state index contributed by atoms with van der Waals surface area (Å²) in [6.07, 6.45) is -3.07. The first kappa shape index (κ1) is 14.3. The number of nitrogens with two attached hydrogens (primary N) is 1. The largest absolute Gasteiger partial charge is 0.466 e. The van der Waals surface area contributed by atoms with Crippen molar-refractivity contribution in [2.75, 3.05) is 6.61 Å². The van der Waals surface area contributed by atoms with Gasteiger partial charge >= 0.3 is 5.97 Å². The van der Waals surface area contributed by atoms with Gasteiger partial charge in [-0.1, -0.05) is 0 Å². The van der Waals surface area contributed by atoms with E-state index >= 15 is 0 Å². The number of ether oxygens (including phenoxy) is 1. The predicted molar refractivity (Wildman–Crippen MR) is 60.2 cm³/mol. The second-order valence-corrected chi connectivity index (χ2v) is 3.54. The molecule has 1 rings (SSSR count). The van der Waals surface area contributed by atoms with Crippen LogP contribution >= 0.6 is 0 Å². The summed E-state index contributed by atoms with van der Waals surface area (Å²) in [5.41, 5.74) is 4.44. The molecule has 1 heterocycles. The summed E-state index contributed by atoms with van der Waals surface area (Å²) in [4.78, 5) is 24.9. The second kappa shape index (κ2) is 6.25. The number of pyridine rings is 1. The van der Waals surface area contributed by atoms with Crippen molar-refractivity contribution in [2.24, 2.45) is 5.73 Å². The average molecular weight is 260 g/mol. The van der Waals surface area contributed by atoms with Gasteiger partial charge in [0.1, 0.15) is 0 Å². The zero-order valence-electron chi connectivity index (χ0n) is 9.83. The number of H-pyrrole nitrogens is 1. The highest BCUT2D eigenvalue weighted by molar-refractivity contribution is 5.72. The van der Waals surface area contributed by atoms with Gasteiger partial charge in [0.15, 0.2) is 0 Å². The van der Waals surface area contributed by atoms with Crippen molar-refractivity contribution in [3.8, 4) is 0 Å². The van der Waals surface area contributed by atoms with Gasteiger partial charge in [0.2, 0.25) is 0 Å². The molecule has 0 aliphatic heterocycles. The van der Waals surface area contributed by atoms with Crippen molar-refractivity contribution in [3.05, 3.63) is 33.2 Å². The Balaban J connectivity index is 3.11. The topological polar surface area (TPSA) is 85.2 Å². The highest BCUT2D eigenvalue weighted by Gasteiger charge is 2.16. The zero-order chi connectivity index (χ0) is 13.7. The molecule has 0 spiro atoms. The van der Waals surface area contributed by atoms with Crippen LogP contribution in [-0.4, -0.2) is 17.6 Å². The van der Waals surface area contributed by atoms with E-state index < -0.39 is 23.6 Å². The smallest absolute Gasteiger partial charge is 0.310 e. The Labute approximate surface area is 102 Å². The van der Waals surface area contributed by atoms with Gasteiger partial charge in [-0.3, -0.25) is 9.59 Å². The number of aromatic nitrogens is 1. The maximum atomic E-state index is 12.5. The van der Waals surface area contributed by atoms with E-state index in [4.69, 9.17) is 10.5 Å². The number of nitrogens with one attached hydrogen (secondary N) is 1. The summed E-state index contributed by atoms with van der Waals surface area (Å²) < 4.78 is 29.6. The number of esters is 1. The lowest BCUT2D eigenvalue weighted by Crippen LogP contribution is -2.23. The van der Waals surface area contributed by atoms with Crippen LogP contribution in [0.2, 0.25) is 0 Å². The van der Waals surface area contributed by atoms with Gasteiger partial charge in [-0.25, -0.2) is 8.78 Å². The van der Waals surface area contributed by atoms with Crippen LogP contribution in [0, 0.1) is 0 Å². The van der Waals surface area contributed by atoms with Crippen LogP contribution < -0.4 is 11.3 Å². The molecule has 0 aliphatic rings.